The Labute approximate surface area is 98.0 Å². The molecule has 0 aromatic carbocycles. The molecule has 17 heavy (non-hydrogen) atoms. The summed E-state index contributed by atoms with van der Waals surface area (Å²) in [4.78, 5) is 18.1. The third kappa shape index (κ3) is 5.04. The predicted molar refractivity (Wildman–Crippen MR) is 59.5 cm³/mol. The van der Waals surface area contributed by atoms with Crippen molar-refractivity contribution in [2.24, 2.45) is 0 Å². The zero-order valence-corrected chi connectivity index (χ0v) is 9.87. The van der Waals surface area contributed by atoms with Crippen LogP contribution in [0, 0.1) is 0 Å². The third-order valence-electron chi connectivity index (χ3n) is 2.13. The lowest BCUT2D eigenvalue weighted by molar-refractivity contribution is 0.0182. The summed E-state index contributed by atoms with van der Waals surface area (Å²) in [5, 5.41) is 0. The molecule has 0 bridgehead atoms. The molecule has 0 fully saturated rings. The van der Waals surface area contributed by atoms with E-state index in [1.165, 1.54) is 6.07 Å². The Kier molecular flexibility index (Phi) is 5.21. The molecule has 0 amide bonds. The maximum Gasteiger partial charge on any atom is 0.261 e. The predicted octanol–water partition coefficient (Wildman–Crippen LogP) is 1.72. The molecular formula is C11H16F2N2O2. The standard InChI is InChI=1S/C11H16F2N2O2/c1-7(2)8-5-11(16)15-10(14-8)3-4-17-6-9(12)13/h5,7,9H,3-4,6H2,1-2H3,(H,14,15,16). The second-order valence-electron chi connectivity index (χ2n) is 3.99. The summed E-state index contributed by atoms with van der Waals surface area (Å²) in [6, 6.07) is 1.44. The summed E-state index contributed by atoms with van der Waals surface area (Å²) in [5.41, 5.74) is 0.463. The van der Waals surface area contributed by atoms with Crippen molar-refractivity contribution >= 4 is 0 Å². The van der Waals surface area contributed by atoms with Crippen LogP contribution >= 0.6 is 0 Å². The van der Waals surface area contributed by atoms with Crippen molar-refractivity contribution in [3.63, 3.8) is 0 Å². The first-order valence-electron chi connectivity index (χ1n) is 5.45. The maximum absolute atomic E-state index is 11.8. The SMILES string of the molecule is CC(C)c1cc(=O)[nH]c(CCOCC(F)F)n1. The van der Waals surface area contributed by atoms with E-state index < -0.39 is 13.0 Å². The molecule has 0 atom stereocenters. The lowest BCUT2D eigenvalue weighted by Gasteiger charge is -2.07. The Morgan fingerprint density at radius 3 is 2.76 bits per heavy atom. The second-order valence-corrected chi connectivity index (χ2v) is 3.99. The van der Waals surface area contributed by atoms with Gasteiger partial charge in [0, 0.05) is 12.5 Å². The molecule has 0 saturated carbocycles. The highest BCUT2D eigenvalue weighted by Gasteiger charge is 2.06. The molecule has 0 aliphatic carbocycles. The summed E-state index contributed by atoms with van der Waals surface area (Å²) in [7, 11) is 0. The van der Waals surface area contributed by atoms with E-state index in [1.54, 1.807) is 0 Å². The number of H-pyrrole nitrogens is 1. The summed E-state index contributed by atoms with van der Waals surface area (Å²) in [6.07, 6.45) is -2.15. The van der Waals surface area contributed by atoms with Gasteiger partial charge in [0.15, 0.2) is 0 Å². The molecule has 0 unspecified atom stereocenters. The van der Waals surface area contributed by atoms with Crippen molar-refractivity contribution in [3.8, 4) is 0 Å². The summed E-state index contributed by atoms with van der Waals surface area (Å²) >= 11 is 0. The molecule has 1 N–H and O–H groups in total. The van der Waals surface area contributed by atoms with Gasteiger partial charge in [0.05, 0.1) is 12.3 Å². The van der Waals surface area contributed by atoms with Crippen LogP contribution in [0.15, 0.2) is 10.9 Å². The Morgan fingerprint density at radius 2 is 2.18 bits per heavy atom. The third-order valence-corrected chi connectivity index (χ3v) is 2.13. The van der Waals surface area contributed by atoms with E-state index in [-0.39, 0.29) is 18.1 Å². The van der Waals surface area contributed by atoms with E-state index in [0.29, 0.717) is 17.9 Å². The molecule has 1 aromatic rings. The van der Waals surface area contributed by atoms with Crippen molar-refractivity contribution in [1.29, 1.82) is 0 Å². The first-order valence-corrected chi connectivity index (χ1v) is 5.45. The first kappa shape index (κ1) is 13.8. The van der Waals surface area contributed by atoms with Gasteiger partial charge in [-0.1, -0.05) is 13.8 Å². The highest BCUT2D eigenvalue weighted by atomic mass is 19.3. The Hall–Kier alpha value is -1.30. The van der Waals surface area contributed by atoms with E-state index in [1.807, 2.05) is 13.8 Å². The highest BCUT2D eigenvalue weighted by molar-refractivity contribution is 5.06. The summed E-state index contributed by atoms with van der Waals surface area (Å²) in [6.45, 7) is 3.39. The van der Waals surface area contributed by atoms with Crippen LogP contribution in [-0.2, 0) is 11.2 Å². The van der Waals surface area contributed by atoms with Gasteiger partial charge in [-0.05, 0) is 5.92 Å². The summed E-state index contributed by atoms with van der Waals surface area (Å²) < 4.78 is 28.3. The van der Waals surface area contributed by atoms with Crippen molar-refractivity contribution < 1.29 is 13.5 Å². The number of ether oxygens (including phenoxy) is 1. The van der Waals surface area contributed by atoms with Gasteiger partial charge >= 0.3 is 0 Å². The van der Waals surface area contributed by atoms with Crippen LogP contribution < -0.4 is 5.56 Å². The average molecular weight is 246 g/mol. The molecule has 96 valence electrons. The molecule has 1 heterocycles. The molecule has 0 saturated heterocycles. The van der Waals surface area contributed by atoms with E-state index in [2.05, 4.69) is 9.97 Å². The number of hydrogen-bond acceptors (Lipinski definition) is 3. The number of halogens is 2. The van der Waals surface area contributed by atoms with Crippen molar-refractivity contribution in [3.05, 3.63) is 27.9 Å². The van der Waals surface area contributed by atoms with E-state index >= 15 is 0 Å². The first-order chi connectivity index (χ1) is 7.99. The molecule has 6 heteroatoms. The maximum atomic E-state index is 11.8. The molecule has 0 aliphatic heterocycles. The molecule has 0 radical (unpaired) electrons. The van der Waals surface area contributed by atoms with Crippen LogP contribution in [0.2, 0.25) is 0 Å². The van der Waals surface area contributed by atoms with Gasteiger partial charge in [-0.25, -0.2) is 13.8 Å². The molecular weight excluding hydrogens is 230 g/mol. The Balaban J connectivity index is 2.56. The van der Waals surface area contributed by atoms with Gasteiger partial charge in [-0.15, -0.1) is 0 Å². The number of nitrogens with zero attached hydrogens (tertiary/aromatic N) is 1. The zero-order valence-electron chi connectivity index (χ0n) is 9.87. The summed E-state index contributed by atoms with van der Waals surface area (Å²) in [5.74, 6) is 0.619. The van der Waals surface area contributed by atoms with Gasteiger partial charge < -0.3 is 9.72 Å². The molecule has 1 rings (SSSR count). The van der Waals surface area contributed by atoms with Crippen LogP contribution in [0.25, 0.3) is 0 Å². The fourth-order valence-electron chi connectivity index (χ4n) is 1.28. The number of alkyl halides is 2. The van der Waals surface area contributed by atoms with E-state index in [4.69, 9.17) is 4.74 Å². The number of rotatable bonds is 6. The minimum Gasteiger partial charge on any atom is -0.375 e. The van der Waals surface area contributed by atoms with Crippen LogP contribution in [-0.4, -0.2) is 29.6 Å². The van der Waals surface area contributed by atoms with Gasteiger partial charge in [0.1, 0.15) is 12.4 Å². The van der Waals surface area contributed by atoms with Gasteiger partial charge in [-0.3, -0.25) is 4.79 Å². The quantitative estimate of drug-likeness (QED) is 0.777. The lowest BCUT2D eigenvalue weighted by atomic mass is 10.1. The van der Waals surface area contributed by atoms with E-state index in [0.717, 1.165) is 0 Å². The average Bonchev–Trinajstić information content (AvgIpc) is 2.23. The Morgan fingerprint density at radius 1 is 1.47 bits per heavy atom. The zero-order chi connectivity index (χ0) is 12.8. The van der Waals surface area contributed by atoms with Crippen LogP contribution in [0.3, 0.4) is 0 Å². The molecule has 0 aliphatic rings. The smallest absolute Gasteiger partial charge is 0.261 e. The largest absolute Gasteiger partial charge is 0.375 e. The van der Waals surface area contributed by atoms with Crippen LogP contribution in [0.4, 0.5) is 8.78 Å². The molecule has 0 spiro atoms. The normalized spacial score (nSPS) is 11.4. The fraction of sp³-hybridized carbons (Fsp3) is 0.636. The number of nitrogens with one attached hydrogen (secondary N) is 1. The fourth-order valence-corrected chi connectivity index (χ4v) is 1.28. The number of hydrogen-bond donors (Lipinski definition) is 1. The van der Waals surface area contributed by atoms with Gasteiger partial charge in [0.2, 0.25) is 0 Å². The van der Waals surface area contributed by atoms with Crippen LogP contribution in [0.1, 0.15) is 31.3 Å². The van der Waals surface area contributed by atoms with Crippen molar-refractivity contribution in [2.45, 2.75) is 32.6 Å². The van der Waals surface area contributed by atoms with Crippen LogP contribution in [0.5, 0.6) is 0 Å². The monoisotopic (exact) mass is 246 g/mol. The number of aromatic nitrogens is 2. The number of aromatic amines is 1. The van der Waals surface area contributed by atoms with Crippen molar-refractivity contribution in [2.75, 3.05) is 13.2 Å². The highest BCUT2D eigenvalue weighted by Crippen LogP contribution is 2.08. The molecule has 4 nitrogen and oxygen atoms in total. The minimum atomic E-state index is -2.47. The lowest BCUT2D eigenvalue weighted by Crippen LogP contribution is -2.16. The van der Waals surface area contributed by atoms with Gasteiger partial charge in [-0.2, -0.15) is 0 Å². The Bertz CT molecular complexity index is 405. The second kappa shape index (κ2) is 6.44. The molecule has 1 aromatic heterocycles. The van der Waals surface area contributed by atoms with E-state index in [9.17, 15) is 13.6 Å². The van der Waals surface area contributed by atoms with Crippen molar-refractivity contribution in [1.82, 2.24) is 9.97 Å². The topological polar surface area (TPSA) is 55.0 Å². The minimum absolute atomic E-state index is 0.120. The van der Waals surface area contributed by atoms with Gasteiger partial charge in [0.25, 0.3) is 12.0 Å².